The molecule has 3 aromatic rings. The molecule has 1 fully saturated rings. The Balaban J connectivity index is 1.64. The number of nitrogens with zero attached hydrogens (tertiary/aromatic N) is 1. The maximum atomic E-state index is 14.7. The van der Waals surface area contributed by atoms with Crippen LogP contribution in [0.15, 0.2) is 42.5 Å². The lowest BCUT2D eigenvalue weighted by Gasteiger charge is -2.30. The molecule has 1 aliphatic rings. The molecule has 1 unspecified atom stereocenters. The van der Waals surface area contributed by atoms with E-state index >= 15 is 0 Å². The number of rotatable bonds is 6. The summed E-state index contributed by atoms with van der Waals surface area (Å²) in [5.41, 5.74) is 1.57. The van der Waals surface area contributed by atoms with Crippen molar-refractivity contribution >= 4 is 39.0 Å². The second kappa shape index (κ2) is 9.67. The highest BCUT2D eigenvalue weighted by atomic mass is 32.1. The molecular formula is C24H25FN2O4S. The molecule has 2 aromatic carbocycles. The molecule has 2 heterocycles. The van der Waals surface area contributed by atoms with Crippen LogP contribution in [0.1, 0.15) is 45.4 Å². The Hall–Kier alpha value is -2.97. The minimum Gasteiger partial charge on any atom is -0.462 e. The molecule has 1 saturated heterocycles. The minimum atomic E-state index is -0.514. The van der Waals surface area contributed by atoms with Gasteiger partial charge >= 0.3 is 5.97 Å². The van der Waals surface area contributed by atoms with E-state index in [-0.39, 0.29) is 19.1 Å². The van der Waals surface area contributed by atoms with Crippen molar-refractivity contribution in [3.05, 3.63) is 64.3 Å². The number of β-amino-alcohol motifs (C(OH)–C–C–N with tert-alkyl or cyclic N) is 1. The number of hydrogen-bond donors (Lipinski definition) is 2. The average Bonchev–Trinajstić information content (AvgIpc) is 3.17. The van der Waals surface area contributed by atoms with E-state index in [1.54, 1.807) is 42.2 Å². The van der Waals surface area contributed by atoms with Crippen LogP contribution in [-0.2, 0) is 11.3 Å². The van der Waals surface area contributed by atoms with E-state index in [1.807, 2.05) is 6.07 Å². The van der Waals surface area contributed by atoms with Crippen LogP contribution in [0.5, 0.6) is 0 Å². The third-order valence-corrected chi connectivity index (χ3v) is 6.70. The number of aliphatic hydroxyl groups is 1. The lowest BCUT2D eigenvalue weighted by atomic mass is 10.1. The molecule has 6 nitrogen and oxygen atoms in total. The Labute approximate surface area is 189 Å². The van der Waals surface area contributed by atoms with E-state index in [2.05, 4.69) is 5.32 Å². The predicted octanol–water partition coefficient (Wildman–Crippen LogP) is 4.43. The van der Waals surface area contributed by atoms with Gasteiger partial charge in [0, 0.05) is 41.0 Å². The summed E-state index contributed by atoms with van der Waals surface area (Å²) in [6.07, 6.45) is 0.933. The number of piperidine rings is 1. The highest BCUT2D eigenvalue weighted by molar-refractivity contribution is 7.21. The van der Waals surface area contributed by atoms with Gasteiger partial charge in [0.15, 0.2) is 0 Å². The number of amides is 1. The Morgan fingerprint density at radius 1 is 1.25 bits per heavy atom. The van der Waals surface area contributed by atoms with E-state index in [9.17, 15) is 19.1 Å². The number of carbonyl (C=O) groups is 2. The third kappa shape index (κ3) is 4.47. The third-order valence-electron chi connectivity index (χ3n) is 5.52. The number of anilines is 1. The number of benzene rings is 2. The fourth-order valence-electron chi connectivity index (χ4n) is 4.01. The fourth-order valence-corrected chi connectivity index (χ4v) is 5.14. The van der Waals surface area contributed by atoms with Crippen molar-refractivity contribution in [3.8, 4) is 0 Å². The molecule has 1 aromatic heterocycles. The van der Waals surface area contributed by atoms with Gasteiger partial charge < -0.3 is 20.1 Å². The summed E-state index contributed by atoms with van der Waals surface area (Å²) in [5, 5.41) is 13.5. The summed E-state index contributed by atoms with van der Waals surface area (Å²) < 4.78 is 20.5. The SMILES string of the molecule is CCOC(=O)c1sc2cccc(F)c2c1CNc1ccccc1C(=O)N1CCCC(O)C1. The first-order valence-corrected chi connectivity index (χ1v) is 11.5. The number of nitrogens with one attached hydrogen (secondary N) is 1. The summed E-state index contributed by atoms with van der Waals surface area (Å²) in [6, 6.07) is 11.8. The molecule has 8 heteroatoms. The first-order chi connectivity index (χ1) is 15.5. The van der Waals surface area contributed by atoms with E-state index in [1.165, 1.54) is 17.4 Å². The van der Waals surface area contributed by atoms with Gasteiger partial charge in [-0.05, 0) is 44.0 Å². The lowest BCUT2D eigenvalue weighted by molar-refractivity contribution is 0.0474. The van der Waals surface area contributed by atoms with E-state index in [0.29, 0.717) is 51.3 Å². The molecule has 2 N–H and O–H groups in total. The van der Waals surface area contributed by atoms with Crippen molar-refractivity contribution in [1.29, 1.82) is 0 Å². The molecule has 0 aliphatic carbocycles. The molecule has 1 amide bonds. The van der Waals surface area contributed by atoms with Crippen LogP contribution in [0, 0.1) is 5.82 Å². The first-order valence-electron chi connectivity index (χ1n) is 10.7. The minimum absolute atomic E-state index is 0.155. The normalized spacial score (nSPS) is 16.2. The molecule has 0 spiro atoms. The maximum absolute atomic E-state index is 14.7. The van der Waals surface area contributed by atoms with Gasteiger partial charge in [-0.25, -0.2) is 9.18 Å². The van der Waals surface area contributed by atoms with Gasteiger partial charge in [-0.3, -0.25) is 4.79 Å². The Bertz CT molecular complexity index is 1150. The quantitative estimate of drug-likeness (QED) is 0.537. The fraction of sp³-hybridized carbons (Fsp3) is 0.333. The second-order valence-electron chi connectivity index (χ2n) is 7.69. The molecule has 0 radical (unpaired) electrons. The molecule has 1 aliphatic heterocycles. The molecule has 32 heavy (non-hydrogen) atoms. The smallest absolute Gasteiger partial charge is 0.348 e. The number of carbonyl (C=O) groups excluding carboxylic acids is 2. The summed E-state index contributed by atoms with van der Waals surface area (Å²) in [6.45, 7) is 3.00. The number of fused-ring (bicyclic) bond motifs is 1. The highest BCUT2D eigenvalue weighted by Crippen LogP contribution is 2.34. The average molecular weight is 457 g/mol. The van der Waals surface area contributed by atoms with Crippen LogP contribution >= 0.6 is 11.3 Å². The Morgan fingerprint density at radius 3 is 2.84 bits per heavy atom. The zero-order valence-corrected chi connectivity index (χ0v) is 18.6. The van der Waals surface area contributed by atoms with Crippen LogP contribution in [0.25, 0.3) is 10.1 Å². The van der Waals surface area contributed by atoms with Crippen LogP contribution < -0.4 is 5.32 Å². The first kappa shape index (κ1) is 22.2. The summed E-state index contributed by atoms with van der Waals surface area (Å²) in [7, 11) is 0. The Morgan fingerprint density at radius 2 is 2.06 bits per heavy atom. The molecule has 1 atom stereocenters. The van der Waals surface area contributed by atoms with Gasteiger partial charge in [-0.1, -0.05) is 18.2 Å². The standard InChI is InChI=1S/C24H25FN2O4S/c1-2-31-24(30)22-17(21-18(25)9-5-11-20(21)32-22)13-26-19-10-4-3-8-16(19)23(29)27-12-6-7-15(28)14-27/h3-5,8-11,15,26,28H,2,6-7,12-14H2,1H3. The van der Waals surface area contributed by atoms with Gasteiger partial charge in [0.2, 0.25) is 0 Å². The van der Waals surface area contributed by atoms with Crippen molar-refractivity contribution in [1.82, 2.24) is 4.90 Å². The zero-order valence-electron chi connectivity index (χ0n) is 17.8. The summed E-state index contributed by atoms with van der Waals surface area (Å²) in [4.78, 5) is 27.6. The molecule has 0 saturated carbocycles. The van der Waals surface area contributed by atoms with Gasteiger partial charge in [0.25, 0.3) is 5.91 Å². The van der Waals surface area contributed by atoms with Crippen LogP contribution in [-0.4, -0.2) is 47.7 Å². The number of halogens is 1. The van der Waals surface area contributed by atoms with Crippen LogP contribution in [0.4, 0.5) is 10.1 Å². The van der Waals surface area contributed by atoms with Crippen molar-refractivity contribution in [3.63, 3.8) is 0 Å². The maximum Gasteiger partial charge on any atom is 0.348 e. The van der Waals surface area contributed by atoms with Crippen LogP contribution in [0.2, 0.25) is 0 Å². The number of aliphatic hydroxyl groups excluding tert-OH is 1. The number of likely N-dealkylation sites (tertiary alicyclic amines) is 1. The summed E-state index contributed by atoms with van der Waals surface area (Å²) >= 11 is 1.20. The molecule has 168 valence electrons. The topological polar surface area (TPSA) is 78.9 Å². The number of para-hydroxylation sites is 1. The predicted molar refractivity (Wildman–Crippen MR) is 123 cm³/mol. The lowest BCUT2D eigenvalue weighted by Crippen LogP contribution is -2.42. The van der Waals surface area contributed by atoms with E-state index in [4.69, 9.17) is 4.74 Å². The number of esters is 1. The van der Waals surface area contributed by atoms with Crippen molar-refractivity contribution in [2.45, 2.75) is 32.4 Å². The molecule has 4 rings (SSSR count). The Kier molecular flexibility index (Phi) is 6.72. The zero-order chi connectivity index (χ0) is 22.7. The largest absolute Gasteiger partial charge is 0.462 e. The molecule has 0 bridgehead atoms. The van der Waals surface area contributed by atoms with Crippen molar-refractivity contribution < 1.29 is 23.8 Å². The van der Waals surface area contributed by atoms with Gasteiger partial charge in [0.05, 0.1) is 18.3 Å². The summed E-state index contributed by atoms with van der Waals surface area (Å²) in [5.74, 6) is -1.06. The van der Waals surface area contributed by atoms with Gasteiger partial charge in [-0.2, -0.15) is 0 Å². The number of ether oxygens (including phenoxy) is 1. The molecular weight excluding hydrogens is 431 g/mol. The monoisotopic (exact) mass is 456 g/mol. The van der Waals surface area contributed by atoms with E-state index in [0.717, 1.165) is 6.42 Å². The van der Waals surface area contributed by atoms with Crippen molar-refractivity contribution in [2.24, 2.45) is 0 Å². The number of thiophene rings is 1. The van der Waals surface area contributed by atoms with Crippen LogP contribution in [0.3, 0.4) is 0 Å². The van der Waals surface area contributed by atoms with Crippen molar-refractivity contribution in [2.75, 3.05) is 25.0 Å². The number of hydrogen-bond acceptors (Lipinski definition) is 6. The van der Waals surface area contributed by atoms with E-state index < -0.39 is 17.9 Å². The van der Waals surface area contributed by atoms with Gasteiger partial charge in [0.1, 0.15) is 10.7 Å². The second-order valence-corrected chi connectivity index (χ2v) is 8.74. The van der Waals surface area contributed by atoms with Gasteiger partial charge in [-0.15, -0.1) is 11.3 Å². The highest BCUT2D eigenvalue weighted by Gasteiger charge is 2.25.